The largest absolute Gasteiger partial charge is 0.490 e. The molecule has 0 unspecified atom stereocenters. The summed E-state index contributed by atoms with van der Waals surface area (Å²) in [5, 5.41) is 19.6. The van der Waals surface area contributed by atoms with Crippen molar-refractivity contribution in [1.29, 1.82) is 0 Å². The van der Waals surface area contributed by atoms with Gasteiger partial charge in [-0.2, -0.15) is 13.2 Å². The number of hydrogen-bond donors (Lipinski definition) is 4. The number of anilines is 2. The Labute approximate surface area is 194 Å². The van der Waals surface area contributed by atoms with Gasteiger partial charge in [0.15, 0.2) is 0 Å². The van der Waals surface area contributed by atoms with Crippen molar-refractivity contribution in [1.82, 2.24) is 14.6 Å². The van der Waals surface area contributed by atoms with Crippen molar-refractivity contribution in [2.24, 2.45) is 5.73 Å². The number of thiophene rings is 1. The van der Waals surface area contributed by atoms with Crippen LogP contribution in [0, 0.1) is 0 Å². The molecule has 2 atom stereocenters. The van der Waals surface area contributed by atoms with E-state index in [4.69, 9.17) is 27.2 Å². The zero-order valence-electron chi connectivity index (χ0n) is 17.0. The summed E-state index contributed by atoms with van der Waals surface area (Å²) >= 11 is 7.43. The molecule has 0 radical (unpaired) electrons. The molecule has 33 heavy (non-hydrogen) atoms. The minimum absolute atomic E-state index is 0.0937. The number of carboxylic acid groups (broad SMARTS) is 1. The van der Waals surface area contributed by atoms with Gasteiger partial charge in [-0.1, -0.05) is 24.4 Å². The maximum absolute atomic E-state index is 12.6. The van der Waals surface area contributed by atoms with E-state index in [2.05, 4.69) is 20.7 Å². The van der Waals surface area contributed by atoms with Gasteiger partial charge in [0.25, 0.3) is 5.91 Å². The third kappa shape index (κ3) is 6.33. The smallest absolute Gasteiger partial charge is 0.475 e. The second kappa shape index (κ2) is 10.4. The number of fused-ring (bicyclic) bond motifs is 1. The summed E-state index contributed by atoms with van der Waals surface area (Å²) in [6, 6.07) is 5.54. The summed E-state index contributed by atoms with van der Waals surface area (Å²) in [7, 11) is 0. The van der Waals surface area contributed by atoms with E-state index in [1.807, 2.05) is 5.38 Å². The highest BCUT2D eigenvalue weighted by molar-refractivity contribution is 7.15. The molecule has 14 heteroatoms. The number of alkyl halides is 3. The topological polar surface area (TPSA) is 135 Å². The number of carboxylic acids is 1. The van der Waals surface area contributed by atoms with E-state index in [0.717, 1.165) is 31.2 Å². The Balaban J connectivity index is 0.000000383. The van der Waals surface area contributed by atoms with E-state index in [1.54, 1.807) is 28.9 Å². The van der Waals surface area contributed by atoms with E-state index in [9.17, 15) is 18.0 Å². The fourth-order valence-electron chi connectivity index (χ4n) is 3.21. The lowest BCUT2D eigenvalue weighted by molar-refractivity contribution is -0.192. The van der Waals surface area contributed by atoms with E-state index < -0.39 is 12.1 Å². The van der Waals surface area contributed by atoms with Gasteiger partial charge >= 0.3 is 12.1 Å². The number of aliphatic carboxylic acids is 1. The zero-order valence-corrected chi connectivity index (χ0v) is 18.5. The molecule has 0 aliphatic heterocycles. The molecule has 3 heterocycles. The maximum atomic E-state index is 12.6. The number of nitrogens with zero attached hydrogens (tertiary/aromatic N) is 3. The van der Waals surface area contributed by atoms with Crippen molar-refractivity contribution in [3.8, 4) is 0 Å². The first kappa shape index (κ1) is 24.7. The first-order chi connectivity index (χ1) is 15.6. The molecule has 4 rings (SSSR count). The van der Waals surface area contributed by atoms with E-state index in [-0.39, 0.29) is 18.0 Å². The van der Waals surface area contributed by atoms with Gasteiger partial charge < -0.3 is 21.5 Å². The number of amides is 1. The van der Waals surface area contributed by atoms with Crippen LogP contribution in [-0.4, -0.2) is 49.8 Å². The Morgan fingerprint density at radius 2 is 1.94 bits per heavy atom. The quantitative estimate of drug-likeness (QED) is 0.421. The first-order valence-corrected chi connectivity index (χ1v) is 11.0. The van der Waals surface area contributed by atoms with Crippen molar-refractivity contribution in [2.75, 3.05) is 10.6 Å². The summed E-state index contributed by atoms with van der Waals surface area (Å²) in [4.78, 5) is 25.8. The molecule has 3 aromatic rings. The molecule has 1 saturated carbocycles. The second-order valence-electron chi connectivity index (χ2n) is 7.20. The Bertz CT molecular complexity index is 1140. The Morgan fingerprint density at radius 3 is 2.55 bits per heavy atom. The molecule has 9 nitrogen and oxygen atoms in total. The summed E-state index contributed by atoms with van der Waals surface area (Å²) in [5.41, 5.74) is 7.94. The Hall–Kier alpha value is -2.90. The maximum Gasteiger partial charge on any atom is 0.490 e. The first-order valence-electron chi connectivity index (χ1n) is 9.77. The lowest BCUT2D eigenvalue weighted by Gasteiger charge is -2.29. The van der Waals surface area contributed by atoms with Crippen LogP contribution in [0.15, 0.2) is 29.8 Å². The number of carbonyl (C=O) groups is 2. The molecular formula is C19H20ClF3N6O3S. The molecule has 0 saturated heterocycles. The number of carbonyl (C=O) groups excluding carboxylic acids is 1. The van der Waals surface area contributed by atoms with Gasteiger partial charge in [-0.25, -0.2) is 14.3 Å². The predicted molar refractivity (Wildman–Crippen MR) is 118 cm³/mol. The van der Waals surface area contributed by atoms with Gasteiger partial charge in [0.1, 0.15) is 10.0 Å². The van der Waals surface area contributed by atoms with Crippen molar-refractivity contribution in [2.45, 2.75) is 43.9 Å². The molecule has 0 spiro atoms. The normalized spacial score (nSPS) is 18.3. The van der Waals surface area contributed by atoms with Crippen LogP contribution in [-0.2, 0) is 4.79 Å². The third-order valence-electron chi connectivity index (χ3n) is 4.87. The molecule has 1 aliphatic carbocycles. The van der Waals surface area contributed by atoms with Crippen LogP contribution in [0.3, 0.4) is 0 Å². The fraction of sp³-hybridized carbons (Fsp3) is 0.368. The van der Waals surface area contributed by atoms with Gasteiger partial charge in [-0.05, 0) is 36.4 Å². The monoisotopic (exact) mass is 504 g/mol. The van der Waals surface area contributed by atoms with Crippen LogP contribution in [0.2, 0.25) is 4.34 Å². The minimum Gasteiger partial charge on any atom is -0.475 e. The summed E-state index contributed by atoms with van der Waals surface area (Å²) in [5.74, 6) is -2.56. The molecular weight excluding hydrogens is 485 g/mol. The van der Waals surface area contributed by atoms with Crippen LogP contribution in [0.5, 0.6) is 0 Å². The van der Waals surface area contributed by atoms with E-state index in [1.165, 1.54) is 11.3 Å². The van der Waals surface area contributed by atoms with Gasteiger partial charge in [0.05, 0.1) is 17.4 Å². The number of rotatable bonds is 4. The summed E-state index contributed by atoms with van der Waals surface area (Å²) in [6.45, 7) is 0. The van der Waals surface area contributed by atoms with Gasteiger partial charge in [0, 0.05) is 12.1 Å². The summed E-state index contributed by atoms with van der Waals surface area (Å²) < 4.78 is 33.9. The number of nitrogens with one attached hydrogen (secondary N) is 2. The molecule has 1 fully saturated rings. The highest BCUT2D eigenvalue weighted by Gasteiger charge is 2.38. The van der Waals surface area contributed by atoms with Crippen molar-refractivity contribution in [3.05, 3.63) is 39.8 Å². The Morgan fingerprint density at radius 1 is 1.24 bits per heavy atom. The molecule has 0 aromatic carbocycles. The minimum atomic E-state index is -5.08. The average molecular weight is 505 g/mol. The number of nitrogens with two attached hydrogens (primary N) is 1. The van der Waals surface area contributed by atoms with Crippen LogP contribution in [0.1, 0.15) is 36.2 Å². The number of hydrogen-bond acceptors (Lipinski definition) is 7. The fourth-order valence-corrected chi connectivity index (χ4v) is 4.05. The van der Waals surface area contributed by atoms with Gasteiger partial charge in [0.2, 0.25) is 5.95 Å². The highest BCUT2D eigenvalue weighted by Crippen LogP contribution is 2.28. The molecule has 1 amide bonds. The molecule has 5 N–H and O–H groups in total. The van der Waals surface area contributed by atoms with Gasteiger partial charge in [-0.15, -0.1) is 16.4 Å². The lowest BCUT2D eigenvalue weighted by atomic mass is 9.91. The molecule has 3 aromatic heterocycles. The van der Waals surface area contributed by atoms with Crippen molar-refractivity contribution in [3.63, 3.8) is 0 Å². The number of aromatic nitrogens is 3. The van der Waals surface area contributed by atoms with Gasteiger partial charge in [-0.3, -0.25) is 4.79 Å². The lowest BCUT2D eigenvalue weighted by Crippen LogP contribution is -2.43. The van der Waals surface area contributed by atoms with Crippen LogP contribution < -0.4 is 16.4 Å². The summed E-state index contributed by atoms with van der Waals surface area (Å²) in [6.07, 6.45) is 0.910. The third-order valence-corrected chi connectivity index (χ3v) is 6.04. The Kier molecular flexibility index (Phi) is 7.76. The molecule has 1 aliphatic rings. The SMILES string of the molecule is N[C@H]1CCCC[C@H]1Nc1ncc2ccc(C(=O)Nc3ccsc3Cl)n2n1.O=C(O)C(F)(F)F. The van der Waals surface area contributed by atoms with Crippen LogP contribution in [0.25, 0.3) is 5.52 Å². The predicted octanol–water partition coefficient (Wildman–Crippen LogP) is 4.01. The average Bonchev–Trinajstić information content (AvgIpc) is 3.35. The number of halogens is 4. The second-order valence-corrected chi connectivity index (χ2v) is 8.72. The zero-order chi connectivity index (χ0) is 24.2. The van der Waals surface area contributed by atoms with Crippen LogP contribution in [0.4, 0.5) is 24.8 Å². The standard InChI is InChI=1S/C17H19ClN6OS.C2HF3O2/c18-15-13(7-8-26-15)21-16(25)14-6-5-10-9-20-17(23-24(10)14)22-12-4-2-1-3-11(12)19;3-2(4,5)1(6)7/h5-9,11-12H,1-4,19H2,(H,21,25)(H,22,23);(H,6,7)/t11-,12+;/m0./s1. The van der Waals surface area contributed by atoms with E-state index >= 15 is 0 Å². The van der Waals surface area contributed by atoms with E-state index in [0.29, 0.717) is 21.7 Å². The van der Waals surface area contributed by atoms with Crippen molar-refractivity contribution < 1.29 is 27.9 Å². The molecule has 0 bridgehead atoms. The molecule has 178 valence electrons. The van der Waals surface area contributed by atoms with Crippen LogP contribution >= 0.6 is 22.9 Å². The van der Waals surface area contributed by atoms with Crippen molar-refractivity contribution >= 4 is 52.0 Å². The highest BCUT2D eigenvalue weighted by atomic mass is 35.5.